The molecule has 2 rings (SSSR count). The van der Waals surface area contributed by atoms with E-state index in [4.69, 9.17) is 20.9 Å². The summed E-state index contributed by atoms with van der Waals surface area (Å²) in [6.45, 7) is 2.07. The Labute approximate surface area is 124 Å². The summed E-state index contributed by atoms with van der Waals surface area (Å²) < 4.78 is 10.8. The van der Waals surface area contributed by atoms with Crippen molar-refractivity contribution in [3.05, 3.63) is 35.0 Å². The van der Waals surface area contributed by atoms with Crippen LogP contribution < -0.4 is 20.9 Å². The molecule has 1 heterocycles. The van der Waals surface area contributed by atoms with E-state index in [9.17, 15) is 0 Å². The van der Waals surface area contributed by atoms with Crippen molar-refractivity contribution in [2.24, 2.45) is 0 Å². The molecule has 0 aliphatic carbocycles. The predicted molar refractivity (Wildman–Crippen MR) is 82.6 cm³/mol. The Morgan fingerprint density at radius 2 is 1.86 bits per heavy atom. The highest BCUT2D eigenvalue weighted by Gasteiger charge is 2.12. The Kier molecular flexibility index (Phi) is 4.47. The molecule has 1 aromatic heterocycles. The lowest BCUT2D eigenvalue weighted by molar-refractivity contribution is 0.351. The van der Waals surface area contributed by atoms with Crippen LogP contribution in [0.3, 0.4) is 0 Å². The molecule has 0 unspecified atom stereocenters. The maximum absolute atomic E-state index is 5.88. The van der Waals surface area contributed by atoms with Gasteiger partial charge in [-0.1, -0.05) is 13.0 Å². The number of hydrogen-bond donors (Lipinski definition) is 2. The summed E-state index contributed by atoms with van der Waals surface area (Å²) in [6.07, 6.45) is 3.11. The first kappa shape index (κ1) is 14.9. The van der Waals surface area contributed by atoms with Crippen LogP contribution in [-0.2, 0) is 12.8 Å². The SMILES string of the molecule is CCc1cc(Cc2cnc(N)nc2N)cc(OC)c1OC. The molecule has 0 spiro atoms. The van der Waals surface area contributed by atoms with E-state index in [-0.39, 0.29) is 5.95 Å². The van der Waals surface area contributed by atoms with Gasteiger partial charge in [-0.2, -0.15) is 4.98 Å². The van der Waals surface area contributed by atoms with E-state index in [2.05, 4.69) is 23.0 Å². The van der Waals surface area contributed by atoms with Gasteiger partial charge in [0.15, 0.2) is 11.5 Å². The number of anilines is 2. The van der Waals surface area contributed by atoms with Gasteiger partial charge in [-0.15, -0.1) is 0 Å². The van der Waals surface area contributed by atoms with Crippen LogP contribution in [-0.4, -0.2) is 24.2 Å². The van der Waals surface area contributed by atoms with Crippen LogP contribution in [0.5, 0.6) is 11.5 Å². The van der Waals surface area contributed by atoms with Gasteiger partial charge in [-0.3, -0.25) is 0 Å². The Morgan fingerprint density at radius 3 is 2.43 bits per heavy atom. The topological polar surface area (TPSA) is 96.3 Å². The van der Waals surface area contributed by atoms with Crippen molar-refractivity contribution < 1.29 is 9.47 Å². The van der Waals surface area contributed by atoms with Crippen LogP contribution >= 0.6 is 0 Å². The monoisotopic (exact) mass is 288 g/mol. The molecule has 21 heavy (non-hydrogen) atoms. The summed E-state index contributed by atoms with van der Waals surface area (Å²) in [5, 5.41) is 0. The van der Waals surface area contributed by atoms with Crippen molar-refractivity contribution in [1.82, 2.24) is 9.97 Å². The molecule has 0 saturated carbocycles. The third kappa shape index (κ3) is 3.16. The van der Waals surface area contributed by atoms with Crippen LogP contribution in [0, 0.1) is 0 Å². The number of nitrogens with zero attached hydrogens (tertiary/aromatic N) is 2. The number of nitrogens with two attached hydrogens (primary N) is 2. The molecule has 2 aromatic rings. The molecular formula is C15H20N4O2. The van der Waals surface area contributed by atoms with Crippen molar-refractivity contribution in [2.45, 2.75) is 19.8 Å². The minimum atomic E-state index is 0.179. The lowest BCUT2D eigenvalue weighted by Crippen LogP contribution is -2.05. The lowest BCUT2D eigenvalue weighted by Gasteiger charge is -2.14. The molecule has 0 aliphatic rings. The van der Waals surface area contributed by atoms with Crippen LogP contribution in [0.2, 0.25) is 0 Å². The number of aryl methyl sites for hydroxylation is 1. The fraction of sp³-hybridized carbons (Fsp3) is 0.333. The molecule has 1 aromatic carbocycles. The number of nitrogen functional groups attached to an aromatic ring is 2. The normalized spacial score (nSPS) is 10.4. The number of ether oxygens (including phenoxy) is 2. The number of benzene rings is 1. The number of rotatable bonds is 5. The van der Waals surface area contributed by atoms with Crippen molar-refractivity contribution in [2.75, 3.05) is 25.7 Å². The molecule has 0 aliphatic heterocycles. The van der Waals surface area contributed by atoms with Crippen LogP contribution in [0.25, 0.3) is 0 Å². The van der Waals surface area contributed by atoms with E-state index in [1.807, 2.05) is 6.07 Å². The van der Waals surface area contributed by atoms with Gasteiger partial charge < -0.3 is 20.9 Å². The molecule has 0 amide bonds. The van der Waals surface area contributed by atoms with E-state index in [1.165, 1.54) is 0 Å². The maximum atomic E-state index is 5.88. The third-order valence-electron chi connectivity index (χ3n) is 3.31. The zero-order valence-electron chi connectivity index (χ0n) is 12.5. The minimum absolute atomic E-state index is 0.179. The Hall–Kier alpha value is -2.50. The van der Waals surface area contributed by atoms with Gasteiger partial charge in [0, 0.05) is 18.2 Å². The maximum Gasteiger partial charge on any atom is 0.221 e. The van der Waals surface area contributed by atoms with E-state index in [0.717, 1.165) is 28.9 Å². The van der Waals surface area contributed by atoms with Gasteiger partial charge in [-0.05, 0) is 23.6 Å². The third-order valence-corrected chi connectivity index (χ3v) is 3.31. The highest BCUT2D eigenvalue weighted by Crippen LogP contribution is 2.33. The van der Waals surface area contributed by atoms with E-state index in [0.29, 0.717) is 18.0 Å². The lowest BCUT2D eigenvalue weighted by atomic mass is 10.0. The second-order valence-electron chi connectivity index (χ2n) is 4.66. The van der Waals surface area contributed by atoms with E-state index < -0.39 is 0 Å². The summed E-state index contributed by atoms with van der Waals surface area (Å²) in [4.78, 5) is 7.96. The fourth-order valence-corrected chi connectivity index (χ4v) is 2.26. The van der Waals surface area contributed by atoms with Gasteiger partial charge in [0.05, 0.1) is 14.2 Å². The zero-order valence-corrected chi connectivity index (χ0v) is 12.5. The summed E-state index contributed by atoms with van der Waals surface area (Å²) in [7, 11) is 3.27. The first-order chi connectivity index (χ1) is 10.1. The second-order valence-corrected chi connectivity index (χ2v) is 4.66. The van der Waals surface area contributed by atoms with E-state index >= 15 is 0 Å². The van der Waals surface area contributed by atoms with Gasteiger partial charge in [-0.25, -0.2) is 4.98 Å². The van der Waals surface area contributed by atoms with Crippen LogP contribution in [0.15, 0.2) is 18.3 Å². The largest absolute Gasteiger partial charge is 0.493 e. The molecule has 4 N–H and O–H groups in total. The minimum Gasteiger partial charge on any atom is -0.493 e. The Morgan fingerprint density at radius 1 is 1.10 bits per heavy atom. The summed E-state index contributed by atoms with van der Waals surface area (Å²) in [6, 6.07) is 4.02. The summed E-state index contributed by atoms with van der Waals surface area (Å²) >= 11 is 0. The van der Waals surface area contributed by atoms with Crippen molar-refractivity contribution in [1.29, 1.82) is 0 Å². The van der Waals surface area contributed by atoms with Gasteiger partial charge in [0.1, 0.15) is 5.82 Å². The molecule has 112 valence electrons. The first-order valence-electron chi connectivity index (χ1n) is 6.69. The van der Waals surface area contributed by atoms with Crippen molar-refractivity contribution in [3.8, 4) is 11.5 Å². The molecule has 0 fully saturated rings. The average Bonchev–Trinajstić information content (AvgIpc) is 2.49. The average molecular weight is 288 g/mol. The van der Waals surface area contributed by atoms with Gasteiger partial charge in [0.2, 0.25) is 5.95 Å². The fourth-order valence-electron chi connectivity index (χ4n) is 2.26. The standard InChI is InChI=1S/C15H20N4O2/c1-4-10-5-9(7-12(20-2)13(10)21-3)6-11-8-18-15(17)19-14(11)16/h5,7-8H,4,6H2,1-3H3,(H4,16,17,18,19). The molecule has 0 atom stereocenters. The van der Waals surface area contributed by atoms with Crippen molar-refractivity contribution in [3.63, 3.8) is 0 Å². The molecule has 0 radical (unpaired) electrons. The quantitative estimate of drug-likeness (QED) is 0.871. The van der Waals surface area contributed by atoms with Gasteiger partial charge in [0.25, 0.3) is 0 Å². The summed E-state index contributed by atoms with van der Waals surface area (Å²) in [5.74, 6) is 2.06. The number of aromatic nitrogens is 2. The molecule has 6 heteroatoms. The molecule has 0 saturated heterocycles. The highest BCUT2D eigenvalue weighted by molar-refractivity contribution is 5.52. The summed E-state index contributed by atoms with van der Waals surface area (Å²) in [5.41, 5.74) is 14.4. The second kappa shape index (κ2) is 6.30. The van der Waals surface area contributed by atoms with Crippen LogP contribution in [0.4, 0.5) is 11.8 Å². The highest BCUT2D eigenvalue weighted by atomic mass is 16.5. The molecule has 6 nitrogen and oxygen atoms in total. The Balaban J connectivity index is 2.40. The molecular weight excluding hydrogens is 268 g/mol. The van der Waals surface area contributed by atoms with E-state index in [1.54, 1.807) is 20.4 Å². The zero-order chi connectivity index (χ0) is 15.4. The van der Waals surface area contributed by atoms with Gasteiger partial charge >= 0.3 is 0 Å². The first-order valence-corrected chi connectivity index (χ1v) is 6.69. The predicted octanol–water partition coefficient (Wildman–Crippen LogP) is 1.81. The smallest absolute Gasteiger partial charge is 0.221 e. The Bertz CT molecular complexity index is 619. The number of methoxy groups -OCH3 is 2. The number of hydrogen-bond acceptors (Lipinski definition) is 6. The van der Waals surface area contributed by atoms with Crippen LogP contribution in [0.1, 0.15) is 23.6 Å². The van der Waals surface area contributed by atoms with Crippen molar-refractivity contribution >= 4 is 11.8 Å². The molecule has 0 bridgehead atoms.